The summed E-state index contributed by atoms with van der Waals surface area (Å²) in [5, 5.41) is 0. The minimum Gasteiger partial charge on any atom is -0.461 e. The van der Waals surface area contributed by atoms with Gasteiger partial charge in [0.2, 0.25) is 0 Å². The molecule has 0 unspecified atom stereocenters. The highest BCUT2D eigenvalue weighted by Crippen LogP contribution is 1.87. The van der Waals surface area contributed by atoms with E-state index >= 15 is 0 Å². The lowest BCUT2D eigenvalue weighted by Crippen LogP contribution is -2.08. The molecule has 0 saturated heterocycles. The molecule has 0 bridgehead atoms. The monoisotopic (exact) mass is 200 g/mol. The third kappa shape index (κ3) is 22.4. The van der Waals surface area contributed by atoms with Crippen LogP contribution in [-0.4, -0.2) is 24.1 Å². The van der Waals surface area contributed by atoms with Crippen LogP contribution in [0, 0.1) is 0 Å². The van der Waals surface area contributed by atoms with E-state index in [9.17, 15) is 14.4 Å². The zero-order valence-electron chi connectivity index (χ0n) is 8.83. The summed E-state index contributed by atoms with van der Waals surface area (Å²) in [6, 6.07) is 0. The Morgan fingerprint density at radius 2 is 1.64 bits per heavy atom. The van der Waals surface area contributed by atoms with Crippen LogP contribution in [0.15, 0.2) is 12.7 Å². The smallest absolute Gasteiger partial charge is 0.313 e. The number of rotatable bonds is 4. The van der Waals surface area contributed by atoms with Gasteiger partial charge in [-0.15, -0.1) is 0 Å². The van der Waals surface area contributed by atoms with E-state index in [0.717, 1.165) is 0 Å². The largest absolute Gasteiger partial charge is 0.461 e. The fraction of sp³-hybridized carbons (Fsp3) is 0.500. The highest BCUT2D eigenvalue weighted by atomic mass is 16.5. The summed E-state index contributed by atoms with van der Waals surface area (Å²) in [6.07, 6.45) is 1.31. The number of hydrogen-bond donors (Lipinski definition) is 0. The molecule has 0 aromatic heterocycles. The fourth-order valence-corrected chi connectivity index (χ4v) is 0.406. The van der Waals surface area contributed by atoms with Crippen molar-refractivity contribution < 1.29 is 19.1 Å². The summed E-state index contributed by atoms with van der Waals surface area (Å²) in [5.74, 6) is -0.513. The van der Waals surface area contributed by atoms with Crippen molar-refractivity contribution >= 4 is 17.5 Å². The Kier molecular flexibility index (Phi) is 10.4. The van der Waals surface area contributed by atoms with E-state index in [2.05, 4.69) is 11.3 Å². The molecule has 14 heavy (non-hydrogen) atoms. The summed E-state index contributed by atoms with van der Waals surface area (Å²) in [5.41, 5.74) is 0. The first kappa shape index (κ1) is 15.0. The molecule has 4 nitrogen and oxygen atoms in total. The Labute approximate surface area is 83.9 Å². The summed E-state index contributed by atoms with van der Waals surface area (Å²) in [4.78, 5) is 30.3. The molecule has 0 radical (unpaired) electrons. The molecule has 80 valence electrons. The lowest BCUT2D eigenvalue weighted by Gasteiger charge is -1.96. The van der Waals surface area contributed by atoms with Gasteiger partial charge in [-0.3, -0.25) is 9.59 Å². The lowest BCUT2D eigenvalue weighted by molar-refractivity contribution is -0.144. The van der Waals surface area contributed by atoms with Crippen LogP contribution in [0.4, 0.5) is 0 Å². The maximum atomic E-state index is 10.5. The van der Waals surface area contributed by atoms with Crippen molar-refractivity contribution in [2.75, 3.05) is 6.61 Å². The van der Waals surface area contributed by atoms with Gasteiger partial charge in [-0.25, -0.2) is 0 Å². The van der Waals surface area contributed by atoms with Crippen LogP contribution in [0.1, 0.15) is 27.2 Å². The van der Waals surface area contributed by atoms with Gasteiger partial charge in [-0.2, -0.15) is 0 Å². The number of hydrogen-bond acceptors (Lipinski definition) is 4. The number of ketones is 2. The molecule has 0 amide bonds. The number of carbonyl (C=O) groups is 3. The second-order valence-corrected chi connectivity index (χ2v) is 2.76. The fourth-order valence-electron chi connectivity index (χ4n) is 0.406. The van der Waals surface area contributed by atoms with Crippen molar-refractivity contribution in [3.05, 3.63) is 12.7 Å². The van der Waals surface area contributed by atoms with Crippen molar-refractivity contribution in [3.63, 3.8) is 0 Å². The third-order valence-corrected chi connectivity index (χ3v) is 0.755. The molecular weight excluding hydrogens is 184 g/mol. The van der Waals surface area contributed by atoms with E-state index < -0.39 is 5.97 Å². The first-order chi connectivity index (χ1) is 6.40. The molecule has 0 atom stereocenters. The van der Waals surface area contributed by atoms with E-state index in [-0.39, 0.29) is 24.6 Å². The van der Waals surface area contributed by atoms with Gasteiger partial charge in [0.1, 0.15) is 24.6 Å². The van der Waals surface area contributed by atoms with Gasteiger partial charge in [0.25, 0.3) is 0 Å². The van der Waals surface area contributed by atoms with E-state index in [1.165, 1.54) is 26.8 Å². The predicted molar refractivity (Wildman–Crippen MR) is 52.8 cm³/mol. The molecule has 0 spiro atoms. The first-order valence-corrected chi connectivity index (χ1v) is 4.13. The van der Waals surface area contributed by atoms with Crippen molar-refractivity contribution in [2.24, 2.45) is 0 Å². The molecule has 0 aromatic rings. The van der Waals surface area contributed by atoms with Crippen LogP contribution in [0.25, 0.3) is 0 Å². The SMILES string of the molecule is C=CCOC(=O)CC(C)=O.CC(C)=O. The molecule has 0 heterocycles. The van der Waals surface area contributed by atoms with Gasteiger partial charge in [0, 0.05) is 0 Å². The summed E-state index contributed by atoms with van der Waals surface area (Å²) in [7, 11) is 0. The molecule has 4 heteroatoms. The Hall–Kier alpha value is -1.45. The van der Waals surface area contributed by atoms with Gasteiger partial charge in [-0.1, -0.05) is 12.7 Å². The van der Waals surface area contributed by atoms with Gasteiger partial charge in [0.05, 0.1) is 0 Å². The average Bonchev–Trinajstić information content (AvgIpc) is 1.98. The zero-order valence-corrected chi connectivity index (χ0v) is 8.83. The molecule has 0 aromatic carbocycles. The van der Waals surface area contributed by atoms with Crippen molar-refractivity contribution in [2.45, 2.75) is 27.2 Å². The zero-order chi connectivity index (χ0) is 11.6. The normalized spacial score (nSPS) is 7.93. The Morgan fingerprint density at radius 3 is 1.93 bits per heavy atom. The van der Waals surface area contributed by atoms with Crippen LogP contribution in [0.5, 0.6) is 0 Å². The Balaban J connectivity index is 0. The molecule has 0 fully saturated rings. The van der Waals surface area contributed by atoms with Crippen molar-refractivity contribution in [3.8, 4) is 0 Å². The maximum absolute atomic E-state index is 10.5. The number of Topliss-reactive ketones (excluding diaryl/α,β-unsaturated/α-hetero) is 2. The van der Waals surface area contributed by atoms with Crippen LogP contribution >= 0.6 is 0 Å². The number of esters is 1. The second kappa shape index (κ2) is 9.64. The quantitative estimate of drug-likeness (QED) is 0.390. The van der Waals surface area contributed by atoms with E-state index in [1.807, 2.05) is 0 Å². The molecular formula is C10H16O4. The predicted octanol–water partition coefficient (Wildman–Crippen LogP) is 1.29. The molecule has 0 N–H and O–H groups in total. The standard InChI is InChI=1S/C7H10O3.C3H6O/c1-3-4-10-7(9)5-6(2)8;1-3(2)4/h3H,1,4-5H2,2H3;1-2H3. The van der Waals surface area contributed by atoms with Gasteiger partial charge in [0.15, 0.2) is 0 Å². The number of ether oxygens (including phenoxy) is 1. The lowest BCUT2D eigenvalue weighted by atomic mass is 10.3. The molecule has 0 saturated carbocycles. The minimum absolute atomic E-state index is 0.145. The van der Waals surface area contributed by atoms with Crippen LogP contribution in [-0.2, 0) is 19.1 Å². The summed E-state index contributed by atoms with van der Waals surface area (Å²) in [6.45, 7) is 7.92. The summed E-state index contributed by atoms with van der Waals surface area (Å²) < 4.78 is 4.52. The molecule has 0 rings (SSSR count). The Bertz CT molecular complexity index is 214. The highest BCUT2D eigenvalue weighted by Gasteiger charge is 2.03. The van der Waals surface area contributed by atoms with Crippen molar-refractivity contribution in [1.82, 2.24) is 0 Å². The summed E-state index contributed by atoms with van der Waals surface area (Å²) >= 11 is 0. The minimum atomic E-state index is -0.493. The first-order valence-electron chi connectivity index (χ1n) is 4.13. The van der Waals surface area contributed by atoms with Gasteiger partial charge in [-0.05, 0) is 20.8 Å². The van der Waals surface area contributed by atoms with Gasteiger partial charge >= 0.3 is 5.97 Å². The Morgan fingerprint density at radius 1 is 1.21 bits per heavy atom. The number of carbonyl (C=O) groups excluding carboxylic acids is 3. The van der Waals surface area contributed by atoms with Crippen LogP contribution < -0.4 is 0 Å². The highest BCUT2D eigenvalue weighted by molar-refractivity contribution is 5.94. The third-order valence-electron chi connectivity index (χ3n) is 0.755. The van der Waals surface area contributed by atoms with E-state index in [1.54, 1.807) is 0 Å². The topological polar surface area (TPSA) is 60.4 Å². The van der Waals surface area contributed by atoms with Crippen molar-refractivity contribution in [1.29, 1.82) is 0 Å². The van der Waals surface area contributed by atoms with Crippen LogP contribution in [0.3, 0.4) is 0 Å². The van der Waals surface area contributed by atoms with E-state index in [4.69, 9.17) is 0 Å². The van der Waals surface area contributed by atoms with E-state index in [0.29, 0.717) is 0 Å². The maximum Gasteiger partial charge on any atom is 0.313 e. The molecule has 0 aliphatic carbocycles. The second-order valence-electron chi connectivity index (χ2n) is 2.76. The van der Waals surface area contributed by atoms with Crippen LogP contribution in [0.2, 0.25) is 0 Å². The van der Waals surface area contributed by atoms with Gasteiger partial charge < -0.3 is 9.53 Å². The molecule has 0 aliphatic heterocycles. The molecule has 0 aliphatic rings. The average molecular weight is 200 g/mol.